The van der Waals surface area contributed by atoms with Gasteiger partial charge in [-0.15, -0.1) is 0 Å². The number of nitrogens with one attached hydrogen (secondary N) is 1. The van der Waals surface area contributed by atoms with Crippen molar-refractivity contribution in [2.45, 2.75) is 64.7 Å². The number of anilines is 1. The van der Waals surface area contributed by atoms with Crippen molar-refractivity contribution in [3.63, 3.8) is 0 Å². The van der Waals surface area contributed by atoms with Crippen LogP contribution in [0.4, 0.5) is 5.82 Å². The van der Waals surface area contributed by atoms with Crippen molar-refractivity contribution in [1.82, 2.24) is 20.0 Å². The lowest BCUT2D eigenvalue weighted by Gasteiger charge is -2.31. The van der Waals surface area contributed by atoms with Gasteiger partial charge in [0.15, 0.2) is 12.3 Å². The molecule has 0 bridgehead atoms. The van der Waals surface area contributed by atoms with Gasteiger partial charge in [0.05, 0.1) is 29.7 Å². The number of nitrogens with zero attached hydrogens (tertiary/aromatic N) is 3. The maximum absolute atomic E-state index is 13.1. The quantitative estimate of drug-likeness (QED) is 0.159. The van der Waals surface area contributed by atoms with Crippen molar-refractivity contribution in [3.05, 3.63) is 28.2 Å². The topological polar surface area (TPSA) is 244 Å². The lowest BCUT2D eigenvalue weighted by Crippen LogP contribution is -2.50. The second kappa shape index (κ2) is 11.6. The Labute approximate surface area is 238 Å². The van der Waals surface area contributed by atoms with E-state index in [-0.39, 0.29) is 39.0 Å². The SMILES string of the molecule is CC(C)C(=O)OCOC(=O)c1cc2c(=O)[nH]ncc3nn(C4OC(CO)C(OC(=O)C(N)C(C)C)C4(C)O)c(N)c1c32. The van der Waals surface area contributed by atoms with Crippen molar-refractivity contribution in [2.75, 3.05) is 19.1 Å². The highest BCUT2D eigenvalue weighted by molar-refractivity contribution is 6.21. The van der Waals surface area contributed by atoms with Crippen LogP contribution in [0.2, 0.25) is 0 Å². The molecule has 5 atom stereocenters. The third-order valence-corrected chi connectivity index (χ3v) is 7.08. The Morgan fingerprint density at radius 2 is 1.88 bits per heavy atom. The van der Waals surface area contributed by atoms with Gasteiger partial charge >= 0.3 is 17.9 Å². The monoisotopic (exact) mass is 590 g/mol. The summed E-state index contributed by atoms with van der Waals surface area (Å²) in [5, 5.41) is 32.3. The number of esters is 3. The number of carbonyl (C=O) groups is 3. The number of nitrogens with two attached hydrogens (primary N) is 2. The van der Waals surface area contributed by atoms with Gasteiger partial charge in [-0.05, 0) is 18.9 Å². The average Bonchev–Trinajstić information content (AvgIpc) is 3.40. The molecule has 7 N–H and O–H groups in total. The molecule has 0 radical (unpaired) electrons. The summed E-state index contributed by atoms with van der Waals surface area (Å²) in [6.45, 7) is 6.63. The van der Waals surface area contributed by atoms with Crippen LogP contribution in [-0.4, -0.2) is 85.3 Å². The van der Waals surface area contributed by atoms with E-state index in [1.54, 1.807) is 27.7 Å². The standard InChI is InChI=1S/C26H34N6O10/c1-10(2)18(27)24(37)42-19-15(8-33)41-25(26(19,5)38)32-20(28)17-13(23(36)40-9-39-22(35)11(3)4)6-12-16(17)14(31-32)7-29-30-21(12)34/h6-7,10-11,15,18-19,25,33,38H,8-9,27-28H2,1-5H3,(H,30,34). The lowest BCUT2D eigenvalue weighted by molar-refractivity contribution is -0.166. The predicted molar refractivity (Wildman–Crippen MR) is 146 cm³/mol. The molecule has 0 spiro atoms. The molecular weight excluding hydrogens is 556 g/mol. The fourth-order valence-corrected chi connectivity index (χ4v) is 4.64. The molecular formula is C26H34N6O10. The summed E-state index contributed by atoms with van der Waals surface area (Å²) in [7, 11) is 0. The van der Waals surface area contributed by atoms with Gasteiger partial charge in [-0.3, -0.25) is 14.4 Å². The number of aromatic nitrogens is 4. The number of aromatic amines is 1. The first-order valence-electron chi connectivity index (χ1n) is 13.2. The van der Waals surface area contributed by atoms with E-state index in [2.05, 4.69) is 15.3 Å². The van der Waals surface area contributed by atoms with Gasteiger partial charge in [-0.25, -0.2) is 14.6 Å². The van der Waals surface area contributed by atoms with Gasteiger partial charge < -0.3 is 40.6 Å². The van der Waals surface area contributed by atoms with Crippen LogP contribution in [0.15, 0.2) is 17.1 Å². The van der Waals surface area contributed by atoms with Crippen molar-refractivity contribution in [1.29, 1.82) is 0 Å². The summed E-state index contributed by atoms with van der Waals surface area (Å²) in [4.78, 5) is 50.3. The molecule has 5 unspecified atom stereocenters. The minimum Gasteiger partial charge on any atom is -0.455 e. The highest BCUT2D eigenvalue weighted by Crippen LogP contribution is 2.43. The smallest absolute Gasteiger partial charge is 0.341 e. The highest BCUT2D eigenvalue weighted by Gasteiger charge is 2.57. The fourth-order valence-electron chi connectivity index (χ4n) is 4.64. The first kappa shape index (κ1) is 30.8. The van der Waals surface area contributed by atoms with Crippen LogP contribution in [0.3, 0.4) is 0 Å². The predicted octanol–water partition coefficient (Wildman–Crippen LogP) is -0.296. The molecule has 3 aromatic rings. The molecule has 1 saturated heterocycles. The maximum Gasteiger partial charge on any atom is 0.341 e. The van der Waals surface area contributed by atoms with Crippen molar-refractivity contribution >= 4 is 45.4 Å². The number of nitrogen functional groups attached to an aromatic ring is 1. The maximum atomic E-state index is 13.1. The first-order chi connectivity index (χ1) is 19.7. The van der Waals surface area contributed by atoms with Gasteiger partial charge in [0.2, 0.25) is 6.79 Å². The number of rotatable bonds is 9. The van der Waals surface area contributed by atoms with Crippen molar-refractivity contribution < 1.29 is 43.5 Å². The molecule has 1 aromatic carbocycles. The number of hydrogen-bond donors (Lipinski definition) is 5. The molecule has 0 aliphatic carbocycles. The third-order valence-electron chi connectivity index (χ3n) is 7.08. The molecule has 16 nitrogen and oxygen atoms in total. The molecule has 1 aliphatic heterocycles. The molecule has 4 rings (SSSR count). The van der Waals surface area contributed by atoms with E-state index in [9.17, 15) is 29.4 Å². The molecule has 16 heteroatoms. The van der Waals surface area contributed by atoms with E-state index in [0.717, 1.165) is 4.68 Å². The second-order valence-electron chi connectivity index (χ2n) is 10.9. The zero-order valence-electron chi connectivity index (χ0n) is 23.7. The fraction of sp³-hybridized carbons (Fsp3) is 0.538. The van der Waals surface area contributed by atoms with Crippen LogP contribution in [0, 0.1) is 11.8 Å². The minimum atomic E-state index is -2.02. The zero-order chi connectivity index (χ0) is 31.1. The van der Waals surface area contributed by atoms with E-state index >= 15 is 0 Å². The number of aliphatic hydroxyl groups excluding tert-OH is 1. The van der Waals surface area contributed by atoms with Gasteiger partial charge in [-0.2, -0.15) is 10.2 Å². The summed E-state index contributed by atoms with van der Waals surface area (Å²) in [6, 6.07) is 0.229. The molecule has 42 heavy (non-hydrogen) atoms. The number of hydrogen-bond acceptors (Lipinski definition) is 14. The molecule has 228 valence electrons. The van der Waals surface area contributed by atoms with E-state index in [4.69, 9.17) is 30.4 Å². The van der Waals surface area contributed by atoms with Crippen LogP contribution in [0.5, 0.6) is 0 Å². The highest BCUT2D eigenvalue weighted by atomic mass is 16.7. The lowest BCUT2D eigenvalue weighted by atomic mass is 9.95. The van der Waals surface area contributed by atoms with E-state index < -0.39 is 72.9 Å². The molecule has 0 saturated carbocycles. The summed E-state index contributed by atoms with van der Waals surface area (Å²) in [6.07, 6.45) is -2.85. The summed E-state index contributed by atoms with van der Waals surface area (Å²) in [5.41, 5.74) is 9.64. The summed E-state index contributed by atoms with van der Waals surface area (Å²) < 4.78 is 22.5. The van der Waals surface area contributed by atoms with Crippen LogP contribution in [0.1, 0.15) is 51.2 Å². The van der Waals surface area contributed by atoms with Crippen LogP contribution in [-0.2, 0) is 28.5 Å². The first-order valence-corrected chi connectivity index (χ1v) is 13.2. The van der Waals surface area contributed by atoms with Crippen LogP contribution in [0.25, 0.3) is 21.7 Å². The van der Waals surface area contributed by atoms with Crippen molar-refractivity contribution in [3.8, 4) is 0 Å². The Morgan fingerprint density at radius 1 is 1.19 bits per heavy atom. The van der Waals surface area contributed by atoms with Gasteiger partial charge in [0.25, 0.3) is 5.56 Å². The summed E-state index contributed by atoms with van der Waals surface area (Å²) >= 11 is 0. The van der Waals surface area contributed by atoms with E-state index in [1.807, 2.05) is 0 Å². The van der Waals surface area contributed by atoms with Gasteiger partial charge in [0.1, 0.15) is 29.1 Å². The molecule has 1 fully saturated rings. The molecule has 2 aromatic heterocycles. The number of aliphatic hydroxyl groups is 2. The Kier molecular flexibility index (Phi) is 8.54. The number of ether oxygens (including phenoxy) is 4. The van der Waals surface area contributed by atoms with Crippen molar-refractivity contribution in [2.24, 2.45) is 17.6 Å². The van der Waals surface area contributed by atoms with E-state index in [0.29, 0.717) is 0 Å². The largest absolute Gasteiger partial charge is 0.455 e. The minimum absolute atomic E-state index is 0.0109. The second-order valence-corrected chi connectivity index (χ2v) is 10.9. The Bertz CT molecular complexity index is 1580. The third kappa shape index (κ3) is 5.40. The number of carbonyl (C=O) groups excluding carboxylic acids is 3. The van der Waals surface area contributed by atoms with Gasteiger partial charge in [0, 0.05) is 10.8 Å². The Balaban J connectivity index is 1.81. The molecule has 0 amide bonds. The zero-order valence-corrected chi connectivity index (χ0v) is 23.7. The van der Waals surface area contributed by atoms with Gasteiger partial charge in [-0.1, -0.05) is 27.7 Å². The number of H-pyrrole nitrogens is 1. The van der Waals surface area contributed by atoms with Crippen LogP contribution < -0.4 is 17.0 Å². The Morgan fingerprint density at radius 3 is 2.50 bits per heavy atom. The average molecular weight is 591 g/mol. The summed E-state index contributed by atoms with van der Waals surface area (Å²) in [5.74, 6) is -3.33. The molecule has 1 aliphatic rings. The molecule has 3 heterocycles. The van der Waals surface area contributed by atoms with Crippen LogP contribution >= 0.6 is 0 Å². The normalized spacial score (nSPS) is 23.0. The van der Waals surface area contributed by atoms with E-state index in [1.165, 1.54) is 19.2 Å². The Hall–Kier alpha value is -4.12.